The van der Waals surface area contributed by atoms with Crippen molar-refractivity contribution in [2.45, 2.75) is 11.3 Å². The Bertz CT molecular complexity index is 411. The van der Waals surface area contributed by atoms with Gasteiger partial charge in [0.25, 0.3) is 0 Å². The number of para-hydroxylation sites is 2. The first-order chi connectivity index (χ1) is 7.29. The average molecular weight is 224 g/mol. The zero-order chi connectivity index (χ0) is 10.7. The Morgan fingerprint density at radius 2 is 2.20 bits per heavy atom. The number of aromatic amines is 1. The predicted molar refractivity (Wildman–Crippen MR) is 59.9 cm³/mol. The molecule has 1 atom stereocenters. The highest BCUT2D eigenvalue weighted by atomic mass is 32.2. The molecule has 0 bridgehead atoms. The van der Waals surface area contributed by atoms with Gasteiger partial charge in [-0.3, -0.25) is 0 Å². The van der Waals surface area contributed by atoms with Gasteiger partial charge in [0.15, 0.2) is 5.16 Å². The number of imidazole rings is 1. The SMILES string of the molecule is OC[C@H](O)CSc1nc2ccccc2[nH]1. The van der Waals surface area contributed by atoms with Crippen LogP contribution in [0.15, 0.2) is 29.4 Å². The molecule has 0 fully saturated rings. The van der Waals surface area contributed by atoms with Crippen LogP contribution in [0, 0.1) is 0 Å². The minimum absolute atomic E-state index is 0.215. The van der Waals surface area contributed by atoms with Crippen molar-refractivity contribution in [3.05, 3.63) is 24.3 Å². The Morgan fingerprint density at radius 1 is 1.40 bits per heavy atom. The molecule has 5 heteroatoms. The predicted octanol–water partition coefficient (Wildman–Crippen LogP) is 1.01. The fraction of sp³-hybridized carbons (Fsp3) is 0.300. The number of aromatic nitrogens is 2. The second kappa shape index (κ2) is 4.65. The van der Waals surface area contributed by atoms with Gasteiger partial charge >= 0.3 is 0 Å². The number of nitrogens with zero attached hydrogens (tertiary/aromatic N) is 1. The lowest BCUT2D eigenvalue weighted by Crippen LogP contribution is -2.14. The molecule has 0 aliphatic heterocycles. The molecule has 0 unspecified atom stereocenters. The summed E-state index contributed by atoms with van der Waals surface area (Å²) in [5.74, 6) is 0.441. The molecule has 2 rings (SSSR count). The Labute approximate surface area is 91.3 Å². The van der Waals surface area contributed by atoms with Crippen molar-refractivity contribution in [2.75, 3.05) is 12.4 Å². The van der Waals surface area contributed by atoms with Gasteiger partial charge in [0.1, 0.15) is 0 Å². The van der Waals surface area contributed by atoms with Gasteiger partial charge in [-0.1, -0.05) is 23.9 Å². The van der Waals surface area contributed by atoms with Crippen molar-refractivity contribution in [2.24, 2.45) is 0 Å². The zero-order valence-corrected chi connectivity index (χ0v) is 8.87. The van der Waals surface area contributed by atoms with Crippen molar-refractivity contribution in [3.8, 4) is 0 Å². The van der Waals surface area contributed by atoms with Gasteiger partial charge in [-0.25, -0.2) is 4.98 Å². The number of H-pyrrole nitrogens is 1. The van der Waals surface area contributed by atoms with Crippen LogP contribution in [0.2, 0.25) is 0 Å². The van der Waals surface area contributed by atoms with E-state index >= 15 is 0 Å². The molecule has 0 saturated carbocycles. The largest absolute Gasteiger partial charge is 0.394 e. The molecule has 2 aromatic rings. The molecular weight excluding hydrogens is 212 g/mol. The van der Waals surface area contributed by atoms with Gasteiger partial charge in [0, 0.05) is 5.75 Å². The van der Waals surface area contributed by atoms with Crippen LogP contribution in [-0.2, 0) is 0 Å². The minimum Gasteiger partial charge on any atom is -0.394 e. The summed E-state index contributed by atoms with van der Waals surface area (Å²) in [5.41, 5.74) is 1.90. The fourth-order valence-electron chi connectivity index (χ4n) is 1.23. The van der Waals surface area contributed by atoms with E-state index in [-0.39, 0.29) is 6.61 Å². The quantitative estimate of drug-likeness (QED) is 0.678. The number of aliphatic hydroxyl groups is 2. The average Bonchev–Trinajstić information content (AvgIpc) is 2.68. The molecule has 0 spiro atoms. The monoisotopic (exact) mass is 224 g/mol. The highest BCUT2D eigenvalue weighted by Gasteiger charge is 2.06. The Balaban J connectivity index is 2.09. The van der Waals surface area contributed by atoms with E-state index in [4.69, 9.17) is 5.11 Å². The van der Waals surface area contributed by atoms with E-state index in [0.717, 1.165) is 16.2 Å². The van der Waals surface area contributed by atoms with E-state index in [2.05, 4.69) is 9.97 Å². The third-order valence-corrected chi connectivity index (χ3v) is 3.01. The first-order valence-electron chi connectivity index (χ1n) is 4.66. The fourth-order valence-corrected chi connectivity index (χ4v) is 2.03. The number of benzene rings is 1. The van der Waals surface area contributed by atoms with Gasteiger partial charge in [-0.05, 0) is 12.1 Å². The molecular formula is C10H12N2O2S. The van der Waals surface area contributed by atoms with E-state index in [1.807, 2.05) is 24.3 Å². The van der Waals surface area contributed by atoms with Crippen molar-refractivity contribution in [1.29, 1.82) is 0 Å². The number of hydrogen-bond donors (Lipinski definition) is 3. The molecule has 0 saturated heterocycles. The van der Waals surface area contributed by atoms with Crippen LogP contribution in [0.1, 0.15) is 0 Å². The van der Waals surface area contributed by atoms with Crippen LogP contribution in [0.5, 0.6) is 0 Å². The topological polar surface area (TPSA) is 69.1 Å². The molecule has 1 aromatic carbocycles. The summed E-state index contributed by atoms with van der Waals surface area (Å²) in [6, 6.07) is 7.75. The Hall–Kier alpha value is -1.04. The molecule has 0 aliphatic carbocycles. The van der Waals surface area contributed by atoms with Crippen molar-refractivity contribution in [3.63, 3.8) is 0 Å². The normalized spacial score (nSPS) is 13.2. The summed E-state index contributed by atoms with van der Waals surface area (Å²) in [4.78, 5) is 7.47. The van der Waals surface area contributed by atoms with E-state index in [1.54, 1.807) is 0 Å². The molecule has 3 N–H and O–H groups in total. The molecule has 1 aromatic heterocycles. The maximum atomic E-state index is 9.18. The summed E-state index contributed by atoms with van der Waals surface area (Å²) < 4.78 is 0. The molecule has 4 nitrogen and oxygen atoms in total. The van der Waals surface area contributed by atoms with Gasteiger partial charge < -0.3 is 15.2 Å². The van der Waals surface area contributed by atoms with Crippen molar-refractivity contribution in [1.82, 2.24) is 9.97 Å². The van der Waals surface area contributed by atoms with E-state index in [1.165, 1.54) is 11.8 Å². The number of rotatable bonds is 4. The first-order valence-corrected chi connectivity index (χ1v) is 5.64. The van der Waals surface area contributed by atoms with E-state index in [9.17, 15) is 5.11 Å². The maximum Gasteiger partial charge on any atom is 0.166 e. The number of thioether (sulfide) groups is 1. The van der Waals surface area contributed by atoms with E-state index in [0.29, 0.717) is 5.75 Å². The Kier molecular flexibility index (Phi) is 3.25. The molecule has 0 aliphatic rings. The highest BCUT2D eigenvalue weighted by molar-refractivity contribution is 7.99. The number of hydrogen-bond acceptors (Lipinski definition) is 4. The number of aliphatic hydroxyl groups excluding tert-OH is 2. The summed E-state index contributed by atoms with van der Waals surface area (Å²) in [6.07, 6.45) is -0.691. The summed E-state index contributed by atoms with van der Waals surface area (Å²) >= 11 is 1.40. The number of fused-ring (bicyclic) bond motifs is 1. The third-order valence-electron chi connectivity index (χ3n) is 1.99. The second-order valence-corrected chi connectivity index (χ2v) is 4.22. The van der Waals surface area contributed by atoms with Gasteiger partial charge in [0.05, 0.1) is 23.7 Å². The van der Waals surface area contributed by atoms with Crippen LogP contribution < -0.4 is 0 Å². The van der Waals surface area contributed by atoms with Crippen LogP contribution in [0.3, 0.4) is 0 Å². The highest BCUT2D eigenvalue weighted by Crippen LogP contribution is 2.19. The summed E-state index contributed by atoms with van der Waals surface area (Å²) in [5, 5.41) is 18.6. The smallest absolute Gasteiger partial charge is 0.166 e. The lowest BCUT2D eigenvalue weighted by atomic mass is 10.3. The molecule has 80 valence electrons. The minimum atomic E-state index is -0.691. The maximum absolute atomic E-state index is 9.18. The van der Waals surface area contributed by atoms with Crippen molar-refractivity contribution < 1.29 is 10.2 Å². The molecule has 15 heavy (non-hydrogen) atoms. The van der Waals surface area contributed by atoms with Gasteiger partial charge in [0.2, 0.25) is 0 Å². The second-order valence-electron chi connectivity index (χ2n) is 3.21. The van der Waals surface area contributed by atoms with Crippen molar-refractivity contribution >= 4 is 22.8 Å². The third kappa shape index (κ3) is 2.50. The lowest BCUT2D eigenvalue weighted by Gasteiger charge is -2.03. The molecule has 1 heterocycles. The van der Waals surface area contributed by atoms with Crippen LogP contribution in [-0.4, -0.2) is 38.6 Å². The molecule has 0 radical (unpaired) electrons. The van der Waals surface area contributed by atoms with Gasteiger partial charge in [-0.15, -0.1) is 0 Å². The summed E-state index contributed by atoms with van der Waals surface area (Å²) in [7, 11) is 0. The lowest BCUT2D eigenvalue weighted by molar-refractivity contribution is 0.113. The molecule has 0 amide bonds. The van der Waals surface area contributed by atoms with Gasteiger partial charge in [-0.2, -0.15) is 0 Å². The number of nitrogens with one attached hydrogen (secondary N) is 1. The Morgan fingerprint density at radius 3 is 2.93 bits per heavy atom. The van der Waals surface area contributed by atoms with Crippen LogP contribution >= 0.6 is 11.8 Å². The standard InChI is InChI=1S/C10H12N2O2S/c13-5-7(14)6-15-10-11-8-3-1-2-4-9(8)12-10/h1-4,7,13-14H,5-6H2,(H,11,12)/t7-/m0/s1. The summed E-state index contributed by atoms with van der Waals surface area (Å²) in [6.45, 7) is -0.215. The first kappa shape index (κ1) is 10.5. The van der Waals surface area contributed by atoms with Crippen LogP contribution in [0.25, 0.3) is 11.0 Å². The zero-order valence-electron chi connectivity index (χ0n) is 8.05. The van der Waals surface area contributed by atoms with E-state index < -0.39 is 6.10 Å². The van der Waals surface area contributed by atoms with Crippen LogP contribution in [0.4, 0.5) is 0 Å².